The Balaban J connectivity index is 1.71. The Morgan fingerprint density at radius 3 is 2.96 bits per heavy atom. The van der Waals surface area contributed by atoms with E-state index >= 15 is 0 Å². The highest BCUT2D eigenvalue weighted by molar-refractivity contribution is 5.89. The van der Waals surface area contributed by atoms with Crippen LogP contribution in [0.2, 0.25) is 0 Å². The van der Waals surface area contributed by atoms with Crippen LogP contribution in [0.15, 0.2) is 48.8 Å². The first-order valence-electron chi connectivity index (χ1n) is 7.99. The zero-order valence-corrected chi connectivity index (χ0v) is 13.6. The average Bonchev–Trinajstić information content (AvgIpc) is 3.09. The van der Waals surface area contributed by atoms with Crippen molar-refractivity contribution in [3.63, 3.8) is 0 Å². The topological polar surface area (TPSA) is 95.6 Å². The first-order chi connectivity index (χ1) is 12.2. The van der Waals surface area contributed by atoms with Crippen LogP contribution < -0.4 is 10.6 Å². The van der Waals surface area contributed by atoms with Gasteiger partial charge in [-0.05, 0) is 37.3 Å². The predicted octanol–water partition coefficient (Wildman–Crippen LogP) is 3.31. The summed E-state index contributed by atoms with van der Waals surface area (Å²) in [6.45, 7) is 2.40. The fourth-order valence-electron chi connectivity index (χ4n) is 2.64. The molecule has 1 aromatic carbocycles. The summed E-state index contributed by atoms with van der Waals surface area (Å²) in [5, 5.41) is 6.46. The van der Waals surface area contributed by atoms with Crippen molar-refractivity contribution in [2.45, 2.75) is 6.92 Å². The van der Waals surface area contributed by atoms with Crippen LogP contribution in [0.25, 0.3) is 33.3 Å². The SMILES string of the molecule is CCNC(=O)Nc1ccc2ncc(-c3ccc4[nH]ccc4c3)nc2n1. The first-order valence-corrected chi connectivity index (χ1v) is 7.99. The van der Waals surface area contributed by atoms with Gasteiger partial charge < -0.3 is 10.3 Å². The van der Waals surface area contributed by atoms with Gasteiger partial charge in [-0.15, -0.1) is 0 Å². The number of anilines is 1. The molecule has 0 aliphatic rings. The number of fused-ring (bicyclic) bond motifs is 2. The van der Waals surface area contributed by atoms with Crippen LogP contribution in [0.1, 0.15) is 6.92 Å². The fraction of sp³-hybridized carbons (Fsp3) is 0.111. The van der Waals surface area contributed by atoms with E-state index in [1.54, 1.807) is 18.3 Å². The van der Waals surface area contributed by atoms with Gasteiger partial charge in [0.25, 0.3) is 0 Å². The maximum Gasteiger partial charge on any atom is 0.320 e. The van der Waals surface area contributed by atoms with E-state index in [9.17, 15) is 4.79 Å². The van der Waals surface area contributed by atoms with Gasteiger partial charge in [0.05, 0.1) is 11.9 Å². The number of rotatable bonds is 3. The van der Waals surface area contributed by atoms with Crippen LogP contribution >= 0.6 is 0 Å². The van der Waals surface area contributed by atoms with Crippen molar-refractivity contribution in [3.8, 4) is 11.3 Å². The van der Waals surface area contributed by atoms with Gasteiger partial charge in [-0.3, -0.25) is 10.3 Å². The van der Waals surface area contributed by atoms with E-state index in [0.29, 0.717) is 23.5 Å². The molecular weight excluding hydrogens is 316 g/mol. The molecule has 2 amide bonds. The number of urea groups is 1. The summed E-state index contributed by atoms with van der Waals surface area (Å²) < 4.78 is 0. The summed E-state index contributed by atoms with van der Waals surface area (Å²) >= 11 is 0. The first kappa shape index (κ1) is 15.1. The molecule has 7 heteroatoms. The van der Waals surface area contributed by atoms with Gasteiger partial charge in [-0.1, -0.05) is 6.07 Å². The van der Waals surface area contributed by atoms with E-state index in [-0.39, 0.29) is 6.03 Å². The van der Waals surface area contributed by atoms with Gasteiger partial charge in [0.15, 0.2) is 5.65 Å². The van der Waals surface area contributed by atoms with Crippen molar-refractivity contribution in [1.82, 2.24) is 25.3 Å². The van der Waals surface area contributed by atoms with Gasteiger partial charge in [0.1, 0.15) is 11.3 Å². The van der Waals surface area contributed by atoms with Crippen molar-refractivity contribution < 1.29 is 4.79 Å². The Morgan fingerprint density at radius 1 is 1.16 bits per heavy atom. The number of aromatic amines is 1. The Kier molecular flexibility index (Phi) is 3.74. The average molecular weight is 332 g/mol. The third-order valence-electron chi connectivity index (χ3n) is 3.83. The Hall–Kier alpha value is -3.48. The third-order valence-corrected chi connectivity index (χ3v) is 3.83. The lowest BCUT2D eigenvalue weighted by Crippen LogP contribution is -2.28. The summed E-state index contributed by atoms with van der Waals surface area (Å²) in [6.07, 6.45) is 3.64. The molecule has 0 saturated carbocycles. The number of hydrogen-bond donors (Lipinski definition) is 3. The molecule has 0 radical (unpaired) electrons. The zero-order valence-electron chi connectivity index (χ0n) is 13.6. The molecule has 4 rings (SSSR count). The number of amides is 2. The molecule has 3 heterocycles. The standard InChI is InChI=1S/C18H16N6O/c1-2-19-18(25)24-16-6-5-14-17(23-16)22-15(10-21-14)11-3-4-13-12(9-11)7-8-20-13/h3-10,20H,2H2,1H3,(H2,19,22,23,24,25). The molecule has 0 fully saturated rings. The summed E-state index contributed by atoms with van der Waals surface area (Å²) in [4.78, 5) is 28.2. The summed E-state index contributed by atoms with van der Waals surface area (Å²) in [5.74, 6) is 0.436. The zero-order chi connectivity index (χ0) is 17.2. The molecule has 7 nitrogen and oxygen atoms in total. The number of H-pyrrole nitrogens is 1. The van der Waals surface area contributed by atoms with Gasteiger partial charge in [-0.25, -0.2) is 14.8 Å². The maximum absolute atomic E-state index is 11.6. The van der Waals surface area contributed by atoms with E-state index in [1.807, 2.05) is 31.3 Å². The third kappa shape index (κ3) is 2.99. The van der Waals surface area contributed by atoms with E-state index in [0.717, 1.165) is 22.2 Å². The highest BCUT2D eigenvalue weighted by Crippen LogP contribution is 2.23. The van der Waals surface area contributed by atoms with Crippen LogP contribution in [-0.4, -0.2) is 32.5 Å². The number of hydrogen-bond acceptors (Lipinski definition) is 4. The molecule has 0 unspecified atom stereocenters. The summed E-state index contributed by atoms with van der Waals surface area (Å²) in [6, 6.07) is 11.3. The lowest BCUT2D eigenvalue weighted by atomic mass is 10.1. The fourth-order valence-corrected chi connectivity index (χ4v) is 2.64. The second-order valence-electron chi connectivity index (χ2n) is 5.56. The second kappa shape index (κ2) is 6.20. The van der Waals surface area contributed by atoms with E-state index in [2.05, 4.69) is 36.6 Å². The minimum atomic E-state index is -0.295. The molecule has 0 aliphatic carbocycles. The van der Waals surface area contributed by atoms with E-state index < -0.39 is 0 Å². The van der Waals surface area contributed by atoms with Crippen molar-refractivity contribution in [2.24, 2.45) is 0 Å². The van der Waals surface area contributed by atoms with Crippen LogP contribution in [-0.2, 0) is 0 Å². The summed E-state index contributed by atoms with van der Waals surface area (Å²) in [7, 11) is 0. The number of carbonyl (C=O) groups excluding carboxylic acids is 1. The minimum Gasteiger partial charge on any atom is -0.361 e. The molecule has 4 aromatic rings. The van der Waals surface area contributed by atoms with Crippen LogP contribution in [0, 0.1) is 0 Å². The molecule has 0 atom stereocenters. The van der Waals surface area contributed by atoms with Gasteiger partial charge in [0.2, 0.25) is 0 Å². The number of benzene rings is 1. The number of aromatic nitrogens is 4. The quantitative estimate of drug-likeness (QED) is 0.536. The van der Waals surface area contributed by atoms with Crippen molar-refractivity contribution in [2.75, 3.05) is 11.9 Å². The molecule has 0 bridgehead atoms. The van der Waals surface area contributed by atoms with Crippen LogP contribution in [0.4, 0.5) is 10.6 Å². The Labute approximate surface area is 143 Å². The highest BCUT2D eigenvalue weighted by Gasteiger charge is 2.07. The van der Waals surface area contributed by atoms with E-state index in [1.165, 1.54) is 0 Å². The predicted molar refractivity (Wildman–Crippen MR) is 97.3 cm³/mol. The van der Waals surface area contributed by atoms with Crippen LogP contribution in [0.3, 0.4) is 0 Å². The number of pyridine rings is 1. The molecule has 25 heavy (non-hydrogen) atoms. The molecular formula is C18H16N6O. The highest BCUT2D eigenvalue weighted by atomic mass is 16.2. The van der Waals surface area contributed by atoms with E-state index in [4.69, 9.17) is 0 Å². The van der Waals surface area contributed by atoms with Gasteiger partial charge in [-0.2, -0.15) is 0 Å². The Morgan fingerprint density at radius 2 is 2.08 bits per heavy atom. The summed E-state index contributed by atoms with van der Waals surface area (Å²) in [5.41, 5.74) is 3.93. The molecule has 3 N–H and O–H groups in total. The van der Waals surface area contributed by atoms with Crippen molar-refractivity contribution in [1.29, 1.82) is 0 Å². The van der Waals surface area contributed by atoms with Gasteiger partial charge >= 0.3 is 6.03 Å². The minimum absolute atomic E-state index is 0.295. The smallest absolute Gasteiger partial charge is 0.320 e. The van der Waals surface area contributed by atoms with Crippen molar-refractivity contribution in [3.05, 3.63) is 48.8 Å². The maximum atomic E-state index is 11.6. The molecule has 3 aromatic heterocycles. The number of nitrogens with one attached hydrogen (secondary N) is 3. The largest absolute Gasteiger partial charge is 0.361 e. The lowest BCUT2D eigenvalue weighted by Gasteiger charge is -2.06. The molecule has 0 spiro atoms. The lowest BCUT2D eigenvalue weighted by molar-refractivity contribution is 0.252. The number of nitrogens with zero attached hydrogens (tertiary/aromatic N) is 3. The monoisotopic (exact) mass is 332 g/mol. The normalized spacial score (nSPS) is 10.9. The van der Waals surface area contributed by atoms with Crippen LogP contribution in [0.5, 0.6) is 0 Å². The molecule has 0 aliphatic heterocycles. The second-order valence-corrected chi connectivity index (χ2v) is 5.56. The van der Waals surface area contributed by atoms with Gasteiger partial charge in [0, 0.05) is 29.2 Å². The number of carbonyl (C=O) groups is 1. The molecule has 0 saturated heterocycles. The van der Waals surface area contributed by atoms with Crippen molar-refractivity contribution >= 4 is 33.9 Å². The Bertz CT molecular complexity index is 1070. The molecule has 124 valence electrons.